The van der Waals surface area contributed by atoms with Crippen molar-refractivity contribution >= 4 is 21.1 Å². The van der Waals surface area contributed by atoms with E-state index in [2.05, 4.69) is 40.8 Å². The summed E-state index contributed by atoms with van der Waals surface area (Å²) in [4.78, 5) is 14.7. The van der Waals surface area contributed by atoms with E-state index in [0.29, 0.717) is 23.5 Å². The maximum absolute atomic E-state index is 12.8. The number of aromatic nitrogens is 2. The van der Waals surface area contributed by atoms with Gasteiger partial charge in [-0.15, -0.1) is 0 Å². The molecule has 0 radical (unpaired) electrons. The largest absolute Gasteiger partial charge is 0.328 e. The summed E-state index contributed by atoms with van der Waals surface area (Å²) in [7, 11) is -0.292. The number of likely N-dealkylation sites (tertiary alicyclic amines) is 1. The van der Waals surface area contributed by atoms with E-state index in [1.54, 1.807) is 32.3 Å². The molecule has 3 aromatic rings. The lowest BCUT2D eigenvalue weighted by molar-refractivity contribution is 0.178. The Hall–Kier alpha value is -2.42. The van der Waals surface area contributed by atoms with Crippen molar-refractivity contribution in [1.29, 1.82) is 0 Å². The molecule has 0 spiro atoms. The Kier molecular flexibility index (Phi) is 6.05. The van der Waals surface area contributed by atoms with Gasteiger partial charge in [0.15, 0.2) is 0 Å². The van der Waals surface area contributed by atoms with E-state index in [9.17, 15) is 13.2 Å². The van der Waals surface area contributed by atoms with Gasteiger partial charge >= 0.3 is 5.69 Å². The van der Waals surface area contributed by atoms with Crippen LogP contribution in [-0.2, 0) is 30.7 Å². The van der Waals surface area contributed by atoms with Crippen LogP contribution in [0.15, 0.2) is 52.2 Å². The quantitative estimate of drug-likeness (QED) is 0.636. The van der Waals surface area contributed by atoms with E-state index >= 15 is 0 Å². The highest BCUT2D eigenvalue weighted by Gasteiger charge is 2.23. The van der Waals surface area contributed by atoms with Crippen LogP contribution in [0.1, 0.15) is 24.0 Å². The second-order valence-electron chi connectivity index (χ2n) is 8.55. The molecule has 8 heteroatoms. The van der Waals surface area contributed by atoms with Crippen LogP contribution in [0.5, 0.6) is 0 Å². The molecule has 1 saturated heterocycles. The molecular weight excluding hydrogens is 412 g/mol. The second-order valence-corrected chi connectivity index (χ2v) is 10.3. The first kappa shape index (κ1) is 21.8. The van der Waals surface area contributed by atoms with Gasteiger partial charge in [0.2, 0.25) is 10.0 Å². The van der Waals surface area contributed by atoms with Gasteiger partial charge in [-0.3, -0.25) is 14.0 Å². The SMILES string of the molecule is Cc1ccccc1CN1CCC(CNS(=O)(=O)c2ccc3c(c2)n(C)c(=O)n3C)CC1. The minimum atomic E-state index is -3.63. The summed E-state index contributed by atoms with van der Waals surface area (Å²) in [5.74, 6) is 0.327. The third-order valence-corrected chi connectivity index (χ3v) is 7.90. The van der Waals surface area contributed by atoms with E-state index in [1.165, 1.54) is 20.3 Å². The molecule has 7 nitrogen and oxygen atoms in total. The molecule has 166 valence electrons. The number of benzene rings is 2. The van der Waals surface area contributed by atoms with Gasteiger partial charge in [-0.1, -0.05) is 24.3 Å². The number of rotatable bonds is 6. The standard InChI is InChI=1S/C23H30N4O3S/c1-17-6-4-5-7-19(17)16-27-12-10-18(11-13-27)15-24-31(29,30)20-8-9-21-22(14-20)26(3)23(28)25(21)2/h4-9,14,18,24H,10-13,15-16H2,1-3H3. The number of aryl methyl sites for hydroxylation is 3. The lowest BCUT2D eigenvalue weighted by atomic mass is 9.96. The van der Waals surface area contributed by atoms with Gasteiger partial charge < -0.3 is 0 Å². The zero-order chi connectivity index (χ0) is 22.2. The van der Waals surface area contributed by atoms with Gasteiger partial charge in [0.1, 0.15) is 0 Å². The van der Waals surface area contributed by atoms with Crippen LogP contribution in [0.2, 0.25) is 0 Å². The summed E-state index contributed by atoms with van der Waals surface area (Å²) >= 11 is 0. The smallest absolute Gasteiger partial charge is 0.299 e. The van der Waals surface area contributed by atoms with Crippen molar-refractivity contribution in [2.75, 3.05) is 19.6 Å². The number of piperidine rings is 1. The van der Waals surface area contributed by atoms with E-state index in [4.69, 9.17) is 0 Å². The van der Waals surface area contributed by atoms with Crippen LogP contribution < -0.4 is 10.4 Å². The van der Waals surface area contributed by atoms with Crippen molar-refractivity contribution < 1.29 is 8.42 Å². The van der Waals surface area contributed by atoms with Gasteiger partial charge in [0.25, 0.3) is 0 Å². The molecule has 0 unspecified atom stereocenters. The highest BCUT2D eigenvalue weighted by atomic mass is 32.2. The van der Waals surface area contributed by atoms with Crippen LogP contribution in [0.3, 0.4) is 0 Å². The Morgan fingerprint density at radius 1 is 1.00 bits per heavy atom. The Balaban J connectivity index is 1.36. The number of nitrogens with one attached hydrogen (secondary N) is 1. The van der Waals surface area contributed by atoms with Crippen molar-refractivity contribution in [2.24, 2.45) is 20.0 Å². The molecule has 1 aliphatic rings. The third kappa shape index (κ3) is 4.46. The fourth-order valence-electron chi connectivity index (χ4n) is 4.34. The summed E-state index contributed by atoms with van der Waals surface area (Å²) in [6, 6.07) is 13.3. The van der Waals surface area contributed by atoms with Crippen molar-refractivity contribution in [1.82, 2.24) is 18.8 Å². The van der Waals surface area contributed by atoms with E-state index in [-0.39, 0.29) is 10.6 Å². The molecule has 0 aliphatic carbocycles. The number of fused-ring (bicyclic) bond motifs is 1. The molecule has 0 bridgehead atoms. The molecule has 2 aromatic carbocycles. The lowest BCUT2D eigenvalue weighted by Crippen LogP contribution is -2.38. The minimum Gasteiger partial charge on any atom is -0.299 e. The molecule has 1 aliphatic heterocycles. The predicted molar refractivity (Wildman–Crippen MR) is 123 cm³/mol. The number of imidazole rings is 1. The van der Waals surface area contributed by atoms with Gasteiger partial charge in [-0.25, -0.2) is 17.9 Å². The van der Waals surface area contributed by atoms with Crippen LogP contribution in [0.25, 0.3) is 11.0 Å². The Bertz CT molecular complexity index is 1250. The van der Waals surface area contributed by atoms with Crippen molar-refractivity contribution in [3.05, 3.63) is 64.1 Å². The fraction of sp³-hybridized carbons (Fsp3) is 0.435. The van der Waals surface area contributed by atoms with Crippen molar-refractivity contribution in [2.45, 2.75) is 31.2 Å². The highest BCUT2D eigenvalue weighted by Crippen LogP contribution is 2.21. The Morgan fingerprint density at radius 3 is 2.39 bits per heavy atom. The van der Waals surface area contributed by atoms with Gasteiger partial charge in [0.05, 0.1) is 15.9 Å². The van der Waals surface area contributed by atoms with Crippen LogP contribution in [-0.4, -0.2) is 42.1 Å². The molecule has 0 saturated carbocycles. The van der Waals surface area contributed by atoms with E-state index < -0.39 is 10.0 Å². The van der Waals surface area contributed by atoms with Crippen LogP contribution >= 0.6 is 0 Å². The van der Waals surface area contributed by atoms with Crippen molar-refractivity contribution in [3.8, 4) is 0 Å². The number of sulfonamides is 1. The van der Waals surface area contributed by atoms with Gasteiger partial charge in [0, 0.05) is 27.2 Å². The maximum Gasteiger partial charge on any atom is 0.328 e. The van der Waals surface area contributed by atoms with Crippen LogP contribution in [0, 0.1) is 12.8 Å². The second kappa shape index (κ2) is 8.61. The third-order valence-electron chi connectivity index (χ3n) is 6.48. The molecular formula is C23H30N4O3S. The van der Waals surface area contributed by atoms with E-state index in [0.717, 1.165) is 32.5 Å². The monoisotopic (exact) mass is 442 g/mol. The van der Waals surface area contributed by atoms with E-state index in [1.807, 2.05) is 0 Å². The Labute approximate surface area is 183 Å². The predicted octanol–water partition coefficient (Wildman–Crippen LogP) is 2.38. The summed E-state index contributed by atoms with van der Waals surface area (Å²) in [6.07, 6.45) is 1.95. The highest BCUT2D eigenvalue weighted by molar-refractivity contribution is 7.89. The molecule has 1 fully saturated rings. The molecule has 31 heavy (non-hydrogen) atoms. The summed E-state index contributed by atoms with van der Waals surface area (Å²) in [6.45, 7) is 5.46. The number of hydrogen-bond acceptors (Lipinski definition) is 4. The number of hydrogen-bond donors (Lipinski definition) is 1. The minimum absolute atomic E-state index is 0.171. The first-order valence-electron chi connectivity index (χ1n) is 10.7. The lowest BCUT2D eigenvalue weighted by Gasteiger charge is -2.32. The molecule has 1 aromatic heterocycles. The summed E-state index contributed by atoms with van der Waals surface area (Å²) < 4.78 is 31.5. The average molecular weight is 443 g/mol. The maximum atomic E-state index is 12.8. The Morgan fingerprint density at radius 2 is 1.68 bits per heavy atom. The van der Waals surface area contributed by atoms with Crippen LogP contribution in [0.4, 0.5) is 0 Å². The topological polar surface area (TPSA) is 76.3 Å². The zero-order valence-electron chi connectivity index (χ0n) is 18.3. The summed E-state index contributed by atoms with van der Waals surface area (Å²) in [5, 5.41) is 0. The van der Waals surface area contributed by atoms with Gasteiger partial charge in [-0.2, -0.15) is 0 Å². The molecule has 0 atom stereocenters. The molecule has 4 rings (SSSR count). The molecule has 1 N–H and O–H groups in total. The first-order valence-corrected chi connectivity index (χ1v) is 12.2. The van der Waals surface area contributed by atoms with Gasteiger partial charge in [-0.05, 0) is 68.1 Å². The summed E-state index contributed by atoms with van der Waals surface area (Å²) in [5.41, 5.74) is 3.82. The van der Waals surface area contributed by atoms with Crippen molar-refractivity contribution in [3.63, 3.8) is 0 Å². The molecule has 0 amide bonds. The average Bonchev–Trinajstić information content (AvgIpc) is 2.98. The normalized spacial score (nSPS) is 16.2. The number of nitrogens with zero attached hydrogens (tertiary/aromatic N) is 3. The zero-order valence-corrected chi connectivity index (χ0v) is 19.2. The first-order chi connectivity index (χ1) is 14.8. The fourth-order valence-corrected chi connectivity index (χ4v) is 5.48. The molecule has 2 heterocycles.